The van der Waals surface area contributed by atoms with Gasteiger partial charge in [0.1, 0.15) is 0 Å². The fourth-order valence-corrected chi connectivity index (χ4v) is 2.01. The molecule has 0 atom stereocenters. The Labute approximate surface area is 66.7 Å². The number of allylic oxidation sites excluding steroid dienone is 2. The normalized spacial score (nSPS) is 21.8. The standard InChI is InChI=1S/C6H10Se2/c7-5-3-1-2-4-6(5)8/h7-8H,1-4H2. The van der Waals surface area contributed by atoms with Crippen molar-refractivity contribution < 1.29 is 0 Å². The van der Waals surface area contributed by atoms with Crippen molar-refractivity contribution in [2.75, 3.05) is 0 Å². The molecule has 0 N–H and O–H groups in total. The van der Waals surface area contributed by atoms with Crippen molar-refractivity contribution in [2.45, 2.75) is 25.7 Å². The molecule has 0 spiro atoms. The predicted molar refractivity (Wildman–Crippen MR) is 39.8 cm³/mol. The first-order chi connectivity index (χ1) is 3.80. The maximum absolute atomic E-state index is 2.67. The van der Waals surface area contributed by atoms with Crippen LogP contribution in [-0.2, 0) is 0 Å². The topological polar surface area (TPSA) is 0 Å². The third-order valence-corrected chi connectivity index (χ3v) is 4.31. The molecule has 0 saturated heterocycles. The van der Waals surface area contributed by atoms with E-state index >= 15 is 0 Å². The fraction of sp³-hybridized carbons (Fsp3) is 0.667. The van der Waals surface area contributed by atoms with Crippen LogP contribution in [-0.4, -0.2) is 32.0 Å². The molecule has 0 amide bonds. The van der Waals surface area contributed by atoms with Gasteiger partial charge in [0.2, 0.25) is 0 Å². The predicted octanol–water partition coefficient (Wildman–Crippen LogP) is 0.574. The average molecular weight is 240 g/mol. The molecule has 0 fully saturated rings. The summed E-state index contributed by atoms with van der Waals surface area (Å²) in [5.74, 6) is 0. The Balaban J connectivity index is 2.60. The monoisotopic (exact) mass is 242 g/mol. The Bertz CT molecular complexity index is 102. The summed E-state index contributed by atoms with van der Waals surface area (Å²) in [4.78, 5) is 0. The molecule has 0 aromatic carbocycles. The van der Waals surface area contributed by atoms with Crippen LogP contribution in [0, 0.1) is 0 Å². The Hall–Kier alpha value is 0.779. The summed E-state index contributed by atoms with van der Waals surface area (Å²) < 4.78 is 3.09. The van der Waals surface area contributed by atoms with E-state index in [0.717, 1.165) is 0 Å². The molecule has 1 rings (SSSR count). The Morgan fingerprint density at radius 1 is 0.875 bits per heavy atom. The van der Waals surface area contributed by atoms with E-state index in [0.29, 0.717) is 0 Å². The van der Waals surface area contributed by atoms with E-state index < -0.39 is 0 Å². The zero-order chi connectivity index (χ0) is 5.98. The molecule has 0 bridgehead atoms. The summed E-state index contributed by atoms with van der Waals surface area (Å²) in [6.07, 6.45) is 5.41. The van der Waals surface area contributed by atoms with Gasteiger partial charge < -0.3 is 0 Å². The van der Waals surface area contributed by atoms with Crippen LogP contribution >= 0.6 is 0 Å². The summed E-state index contributed by atoms with van der Waals surface area (Å²) in [6.45, 7) is 0. The van der Waals surface area contributed by atoms with E-state index in [-0.39, 0.29) is 0 Å². The molecule has 0 unspecified atom stereocenters. The van der Waals surface area contributed by atoms with Crippen LogP contribution in [0.1, 0.15) is 25.7 Å². The molecule has 1 aliphatic carbocycles. The second-order valence-corrected chi connectivity index (χ2v) is 4.37. The molecule has 0 aromatic heterocycles. The number of hydrogen-bond donors (Lipinski definition) is 0. The molecular formula is C6H10Se2. The van der Waals surface area contributed by atoms with Gasteiger partial charge in [0, 0.05) is 0 Å². The van der Waals surface area contributed by atoms with E-state index in [4.69, 9.17) is 0 Å². The summed E-state index contributed by atoms with van der Waals surface area (Å²) in [6, 6.07) is 0. The SMILES string of the molecule is [SeH]C1=C([SeH])CCCC1. The summed E-state index contributed by atoms with van der Waals surface area (Å²) in [7, 11) is 0. The molecule has 0 aromatic rings. The van der Waals surface area contributed by atoms with Gasteiger partial charge in [-0.3, -0.25) is 0 Å². The zero-order valence-electron chi connectivity index (χ0n) is 4.72. The van der Waals surface area contributed by atoms with E-state index in [9.17, 15) is 0 Å². The number of hydrogen-bond acceptors (Lipinski definition) is 0. The van der Waals surface area contributed by atoms with Crippen LogP contribution in [0.25, 0.3) is 0 Å². The van der Waals surface area contributed by atoms with Crippen molar-refractivity contribution in [3.05, 3.63) is 8.94 Å². The van der Waals surface area contributed by atoms with Crippen molar-refractivity contribution in [2.24, 2.45) is 0 Å². The molecule has 46 valence electrons. The Kier molecular flexibility index (Phi) is 2.65. The second kappa shape index (κ2) is 3.08. The van der Waals surface area contributed by atoms with Crippen LogP contribution in [0.15, 0.2) is 8.94 Å². The summed E-state index contributed by atoms with van der Waals surface area (Å²) in [5.41, 5.74) is 0. The van der Waals surface area contributed by atoms with Gasteiger partial charge in [-0.05, 0) is 0 Å². The molecule has 0 saturated carbocycles. The fourth-order valence-electron chi connectivity index (χ4n) is 0.873. The molecule has 2 heteroatoms. The second-order valence-electron chi connectivity index (χ2n) is 2.10. The number of rotatable bonds is 0. The quantitative estimate of drug-likeness (QED) is 0.543. The van der Waals surface area contributed by atoms with Gasteiger partial charge in [-0.2, -0.15) is 0 Å². The van der Waals surface area contributed by atoms with Crippen LogP contribution in [0.3, 0.4) is 0 Å². The van der Waals surface area contributed by atoms with Crippen molar-refractivity contribution in [1.29, 1.82) is 0 Å². The first-order valence-electron chi connectivity index (χ1n) is 2.90. The van der Waals surface area contributed by atoms with Gasteiger partial charge in [-0.1, -0.05) is 0 Å². The van der Waals surface area contributed by atoms with Gasteiger partial charge in [0.25, 0.3) is 0 Å². The molecule has 0 heterocycles. The van der Waals surface area contributed by atoms with Gasteiger partial charge >= 0.3 is 66.7 Å². The Morgan fingerprint density at radius 3 is 1.50 bits per heavy atom. The van der Waals surface area contributed by atoms with E-state index in [2.05, 4.69) is 32.0 Å². The molecule has 0 radical (unpaired) electrons. The van der Waals surface area contributed by atoms with Crippen LogP contribution in [0.5, 0.6) is 0 Å². The minimum atomic E-state index is 1.31. The van der Waals surface area contributed by atoms with E-state index in [1.54, 1.807) is 8.94 Å². The van der Waals surface area contributed by atoms with E-state index in [1.165, 1.54) is 25.7 Å². The van der Waals surface area contributed by atoms with Gasteiger partial charge in [-0.25, -0.2) is 0 Å². The van der Waals surface area contributed by atoms with Crippen LogP contribution < -0.4 is 0 Å². The summed E-state index contributed by atoms with van der Waals surface area (Å²) >= 11 is 5.34. The van der Waals surface area contributed by atoms with E-state index in [1.807, 2.05) is 0 Å². The Morgan fingerprint density at radius 2 is 1.25 bits per heavy atom. The first kappa shape index (κ1) is 6.89. The molecule has 8 heavy (non-hydrogen) atoms. The van der Waals surface area contributed by atoms with Crippen LogP contribution in [0.4, 0.5) is 0 Å². The summed E-state index contributed by atoms with van der Waals surface area (Å²) in [5, 5.41) is 0. The molecule has 1 aliphatic rings. The average Bonchev–Trinajstić information content (AvgIpc) is 1.77. The van der Waals surface area contributed by atoms with Crippen molar-refractivity contribution in [3.8, 4) is 0 Å². The zero-order valence-corrected chi connectivity index (χ0v) is 8.48. The van der Waals surface area contributed by atoms with Gasteiger partial charge in [-0.15, -0.1) is 0 Å². The first-order valence-corrected chi connectivity index (χ1v) is 4.78. The van der Waals surface area contributed by atoms with Crippen molar-refractivity contribution >= 4 is 32.0 Å². The van der Waals surface area contributed by atoms with Gasteiger partial charge in [0.05, 0.1) is 0 Å². The molecular weight excluding hydrogens is 230 g/mol. The van der Waals surface area contributed by atoms with Crippen molar-refractivity contribution in [1.82, 2.24) is 0 Å². The molecule has 0 aliphatic heterocycles. The van der Waals surface area contributed by atoms with Crippen LogP contribution in [0.2, 0.25) is 0 Å². The third kappa shape index (κ3) is 1.63. The third-order valence-electron chi connectivity index (χ3n) is 1.41. The van der Waals surface area contributed by atoms with Crippen molar-refractivity contribution in [3.63, 3.8) is 0 Å². The van der Waals surface area contributed by atoms with Gasteiger partial charge in [0.15, 0.2) is 0 Å². The minimum absolute atomic E-state index is 1.31. The molecule has 0 nitrogen and oxygen atoms in total. The maximum atomic E-state index is 2.67.